The molecule has 0 atom stereocenters. The smallest absolute Gasteiger partial charge is 0.231 e. The molecule has 7 heteroatoms. The average molecular weight is 396 g/mol. The lowest BCUT2D eigenvalue weighted by atomic mass is 10.2. The molecule has 1 amide bonds. The molecule has 0 bridgehead atoms. The largest absolute Gasteiger partial charge is 0.493 e. The SMILES string of the molecule is COc1cc(C=O)ccc1OCc1csc(CC(=O)Nc2ccc(C)cc2)n1. The first-order chi connectivity index (χ1) is 13.6. The first kappa shape index (κ1) is 19.6. The van der Waals surface area contributed by atoms with Gasteiger partial charge in [0.15, 0.2) is 11.5 Å². The van der Waals surface area contributed by atoms with E-state index in [4.69, 9.17) is 9.47 Å². The van der Waals surface area contributed by atoms with Gasteiger partial charge in [0, 0.05) is 16.6 Å². The standard InChI is InChI=1S/C21H20N2O4S/c1-14-3-6-16(7-4-14)22-20(25)10-21-23-17(13-28-21)12-27-18-8-5-15(11-24)9-19(18)26-2/h3-9,11,13H,10,12H2,1-2H3,(H,22,25). The highest BCUT2D eigenvalue weighted by atomic mass is 32.1. The van der Waals surface area contributed by atoms with E-state index >= 15 is 0 Å². The minimum Gasteiger partial charge on any atom is -0.493 e. The summed E-state index contributed by atoms with van der Waals surface area (Å²) in [7, 11) is 1.52. The third kappa shape index (κ3) is 5.17. The number of carbonyl (C=O) groups is 2. The Hall–Kier alpha value is -3.19. The van der Waals surface area contributed by atoms with Gasteiger partial charge in [-0.1, -0.05) is 17.7 Å². The van der Waals surface area contributed by atoms with Crippen molar-refractivity contribution in [2.24, 2.45) is 0 Å². The zero-order valence-corrected chi connectivity index (χ0v) is 16.4. The Balaban J connectivity index is 1.56. The molecule has 3 rings (SSSR count). The summed E-state index contributed by atoms with van der Waals surface area (Å²) in [5.74, 6) is 0.897. The van der Waals surface area contributed by atoms with E-state index < -0.39 is 0 Å². The zero-order valence-electron chi connectivity index (χ0n) is 15.6. The molecule has 0 saturated carbocycles. The van der Waals surface area contributed by atoms with Gasteiger partial charge in [-0.15, -0.1) is 11.3 Å². The molecule has 0 saturated heterocycles. The molecule has 0 fully saturated rings. The molecule has 0 aliphatic rings. The van der Waals surface area contributed by atoms with Gasteiger partial charge in [0.1, 0.15) is 17.9 Å². The van der Waals surface area contributed by atoms with E-state index in [0.29, 0.717) is 22.1 Å². The van der Waals surface area contributed by atoms with E-state index in [-0.39, 0.29) is 18.9 Å². The summed E-state index contributed by atoms with van der Waals surface area (Å²) in [6, 6.07) is 12.6. The molecule has 1 aromatic heterocycles. The number of hydrogen-bond donors (Lipinski definition) is 1. The van der Waals surface area contributed by atoms with E-state index in [9.17, 15) is 9.59 Å². The Morgan fingerprint density at radius 3 is 2.68 bits per heavy atom. The highest BCUT2D eigenvalue weighted by molar-refractivity contribution is 7.09. The van der Waals surface area contributed by atoms with Gasteiger partial charge in [-0.25, -0.2) is 4.98 Å². The normalized spacial score (nSPS) is 10.4. The van der Waals surface area contributed by atoms with Gasteiger partial charge in [-0.3, -0.25) is 9.59 Å². The van der Waals surface area contributed by atoms with Gasteiger partial charge in [-0.2, -0.15) is 0 Å². The van der Waals surface area contributed by atoms with Crippen LogP contribution in [0.25, 0.3) is 0 Å². The molecule has 28 heavy (non-hydrogen) atoms. The molecular weight excluding hydrogens is 376 g/mol. The molecule has 0 unspecified atom stereocenters. The third-order valence-electron chi connectivity index (χ3n) is 3.95. The first-order valence-corrected chi connectivity index (χ1v) is 9.51. The van der Waals surface area contributed by atoms with Crippen molar-refractivity contribution in [2.75, 3.05) is 12.4 Å². The fourth-order valence-electron chi connectivity index (χ4n) is 2.50. The lowest BCUT2D eigenvalue weighted by Gasteiger charge is -2.09. The number of carbonyl (C=O) groups excluding carboxylic acids is 2. The van der Waals surface area contributed by atoms with Crippen molar-refractivity contribution in [3.05, 3.63) is 69.7 Å². The maximum absolute atomic E-state index is 12.2. The highest BCUT2D eigenvalue weighted by Crippen LogP contribution is 2.28. The number of aldehydes is 1. The van der Waals surface area contributed by atoms with Crippen LogP contribution in [0, 0.1) is 6.92 Å². The van der Waals surface area contributed by atoms with Crippen LogP contribution in [-0.2, 0) is 17.8 Å². The molecule has 0 aliphatic carbocycles. The predicted octanol–water partition coefficient (Wildman–Crippen LogP) is 4.03. The van der Waals surface area contributed by atoms with Gasteiger partial charge in [0.2, 0.25) is 5.91 Å². The molecule has 2 aromatic carbocycles. The van der Waals surface area contributed by atoms with E-state index in [2.05, 4.69) is 10.3 Å². The Morgan fingerprint density at radius 2 is 1.96 bits per heavy atom. The van der Waals surface area contributed by atoms with Crippen LogP contribution in [0.5, 0.6) is 11.5 Å². The van der Waals surface area contributed by atoms with Gasteiger partial charge in [0.05, 0.1) is 19.2 Å². The van der Waals surface area contributed by atoms with Crippen LogP contribution in [0.3, 0.4) is 0 Å². The summed E-state index contributed by atoms with van der Waals surface area (Å²) in [6.45, 7) is 2.24. The minimum absolute atomic E-state index is 0.114. The van der Waals surface area contributed by atoms with Crippen LogP contribution in [0.1, 0.15) is 26.6 Å². The van der Waals surface area contributed by atoms with Gasteiger partial charge in [0.25, 0.3) is 0 Å². The monoisotopic (exact) mass is 396 g/mol. The van der Waals surface area contributed by atoms with Crippen molar-refractivity contribution in [2.45, 2.75) is 20.0 Å². The molecule has 144 valence electrons. The number of ether oxygens (including phenoxy) is 2. The van der Waals surface area contributed by atoms with Crippen LogP contribution in [-0.4, -0.2) is 24.3 Å². The second-order valence-electron chi connectivity index (χ2n) is 6.14. The summed E-state index contributed by atoms with van der Waals surface area (Å²) in [5, 5.41) is 5.44. The van der Waals surface area contributed by atoms with Crippen molar-refractivity contribution in [1.82, 2.24) is 4.98 Å². The number of benzene rings is 2. The molecule has 1 heterocycles. The number of anilines is 1. The van der Waals surface area contributed by atoms with Crippen LogP contribution in [0.15, 0.2) is 47.8 Å². The summed E-state index contributed by atoms with van der Waals surface area (Å²) >= 11 is 1.41. The van der Waals surface area contributed by atoms with Crippen molar-refractivity contribution in [3.8, 4) is 11.5 Å². The van der Waals surface area contributed by atoms with E-state index in [0.717, 1.165) is 23.2 Å². The summed E-state index contributed by atoms with van der Waals surface area (Å²) in [6.07, 6.45) is 0.955. The van der Waals surface area contributed by atoms with E-state index in [1.165, 1.54) is 18.4 Å². The molecule has 1 N–H and O–H groups in total. The molecule has 6 nitrogen and oxygen atoms in total. The number of nitrogens with one attached hydrogen (secondary N) is 1. The lowest BCUT2D eigenvalue weighted by Crippen LogP contribution is -2.14. The lowest BCUT2D eigenvalue weighted by molar-refractivity contribution is -0.115. The van der Waals surface area contributed by atoms with Crippen LogP contribution in [0.2, 0.25) is 0 Å². The van der Waals surface area contributed by atoms with Crippen molar-refractivity contribution >= 4 is 29.2 Å². The molecule has 3 aromatic rings. The highest BCUT2D eigenvalue weighted by Gasteiger charge is 2.11. The Labute approximate surface area is 167 Å². The van der Waals surface area contributed by atoms with E-state index in [1.807, 2.05) is 36.6 Å². The average Bonchev–Trinajstić information content (AvgIpc) is 3.15. The van der Waals surface area contributed by atoms with Crippen molar-refractivity contribution < 1.29 is 19.1 Å². The molecule has 0 spiro atoms. The topological polar surface area (TPSA) is 77.5 Å². The van der Waals surface area contributed by atoms with Gasteiger partial charge in [-0.05, 0) is 37.3 Å². The first-order valence-electron chi connectivity index (χ1n) is 8.63. The fourth-order valence-corrected chi connectivity index (χ4v) is 3.28. The maximum Gasteiger partial charge on any atom is 0.231 e. The Morgan fingerprint density at radius 1 is 1.18 bits per heavy atom. The quantitative estimate of drug-likeness (QED) is 0.582. The number of aromatic nitrogens is 1. The third-order valence-corrected chi connectivity index (χ3v) is 4.84. The Kier molecular flexibility index (Phi) is 6.39. The molecule has 0 aliphatic heterocycles. The number of methoxy groups -OCH3 is 1. The Bertz CT molecular complexity index is 967. The summed E-state index contributed by atoms with van der Waals surface area (Å²) < 4.78 is 11.0. The van der Waals surface area contributed by atoms with Crippen molar-refractivity contribution in [3.63, 3.8) is 0 Å². The van der Waals surface area contributed by atoms with Crippen molar-refractivity contribution in [1.29, 1.82) is 0 Å². The maximum atomic E-state index is 12.2. The molecule has 0 radical (unpaired) electrons. The number of hydrogen-bond acceptors (Lipinski definition) is 6. The second kappa shape index (κ2) is 9.14. The summed E-state index contributed by atoms with van der Waals surface area (Å²) in [4.78, 5) is 27.5. The summed E-state index contributed by atoms with van der Waals surface area (Å²) in [5.41, 5.74) is 3.14. The van der Waals surface area contributed by atoms with Crippen LogP contribution >= 0.6 is 11.3 Å². The zero-order chi connectivity index (χ0) is 19.9. The minimum atomic E-state index is -0.114. The van der Waals surface area contributed by atoms with Gasteiger partial charge >= 0.3 is 0 Å². The number of amides is 1. The molecular formula is C21H20N2O4S. The number of rotatable bonds is 8. The van der Waals surface area contributed by atoms with E-state index in [1.54, 1.807) is 18.2 Å². The number of thiazole rings is 1. The fraction of sp³-hybridized carbons (Fsp3) is 0.190. The van der Waals surface area contributed by atoms with Gasteiger partial charge < -0.3 is 14.8 Å². The number of nitrogens with zero attached hydrogens (tertiary/aromatic N) is 1. The van der Waals surface area contributed by atoms with Crippen LogP contribution in [0.4, 0.5) is 5.69 Å². The predicted molar refractivity (Wildman–Crippen MR) is 108 cm³/mol. The number of aryl methyl sites for hydroxylation is 1. The second-order valence-corrected chi connectivity index (χ2v) is 7.08. The van der Waals surface area contributed by atoms with Crippen LogP contribution < -0.4 is 14.8 Å².